The van der Waals surface area contributed by atoms with E-state index >= 15 is 0 Å². The molecule has 1 aromatic carbocycles. The summed E-state index contributed by atoms with van der Waals surface area (Å²) in [6.45, 7) is -0.445. The average molecular weight is 306 g/mol. The van der Waals surface area contributed by atoms with Crippen LogP contribution >= 0.6 is 10.7 Å². The van der Waals surface area contributed by atoms with E-state index in [-0.39, 0.29) is 12.3 Å². The Morgan fingerprint density at radius 2 is 2.21 bits per heavy atom. The van der Waals surface area contributed by atoms with Crippen LogP contribution in [0.1, 0.15) is 0 Å². The van der Waals surface area contributed by atoms with Crippen molar-refractivity contribution in [3.8, 4) is 18.1 Å². The summed E-state index contributed by atoms with van der Waals surface area (Å²) in [7, 11) is 0.955. The van der Waals surface area contributed by atoms with Gasteiger partial charge in [0.2, 0.25) is 0 Å². The number of terminal acetylenes is 1. The normalized spacial score (nSPS) is 10.6. The third kappa shape index (κ3) is 4.77. The highest BCUT2D eigenvalue weighted by Crippen LogP contribution is 2.27. The van der Waals surface area contributed by atoms with Crippen molar-refractivity contribution < 1.29 is 22.3 Å². The van der Waals surface area contributed by atoms with Gasteiger partial charge in [-0.05, 0) is 18.2 Å². The van der Waals surface area contributed by atoms with E-state index in [1.54, 1.807) is 0 Å². The minimum Gasteiger partial charge on any atom is -0.482 e. The van der Waals surface area contributed by atoms with Crippen molar-refractivity contribution in [3.05, 3.63) is 24.0 Å². The van der Waals surface area contributed by atoms with E-state index in [0.717, 1.165) is 12.1 Å². The van der Waals surface area contributed by atoms with Gasteiger partial charge in [0.05, 0.1) is 6.54 Å². The summed E-state index contributed by atoms with van der Waals surface area (Å²) in [5, 5.41) is 2.32. The van der Waals surface area contributed by atoms with Gasteiger partial charge < -0.3 is 10.1 Å². The van der Waals surface area contributed by atoms with Crippen LogP contribution in [0.5, 0.6) is 5.75 Å². The van der Waals surface area contributed by atoms with E-state index in [0.29, 0.717) is 6.07 Å². The fraction of sp³-hybridized carbons (Fsp3) is 0.182. The third-order valence-electron chi connectivity index (χ3n) is 1.91. The molecule has 1 rings (SSSR count). The number of amides is 1. The zero-order chi connectivity index (χ0) is 14.5. The molecule has 0 bridgehead atoms. The Morgan fingerprint density at radius 1 is 1.53 bits per heavy atom. The first kappa shape index (κ1) is 15.3. The van der Waals surface area contributed by atoms with Crippen LogP contribution in [0.2, 0.25) is 0 Å². The maximum absolute atomic E-state index is 13.0. The van der Waals surface area contributed by atoms with E-state index in [1.165, 1.54) is 0 Å². The zero-order valence-electron chi connectivity index (χ0n) is 9.52. The van der Waals surface area contributed by atoms with Crippen LogP contribution in [0.15, 0.2) is 23.1 Å². The molecule has 0 aromatic heterocycles. The highest BCUT2D eigenvalue weighted by Gasteiger charge is 2.18. The summed E-state index contributed by atoms with van der Waals surface area (Å²) in [5.41, 5.74) is 0. The first-order chi connectivity index (χ1) is 8.84. The molecule has 0 spiro atoms. The molecule has 0 unspecified atom stereocenters. The highest BCUT2D eigenvalue weighted by atomic mass is 35.7. The summed E-state index contributed by atoms with van der Waals surface area (Å²) in [5.74, 6) is 0.640. The second-order valence-corrected chi connectivity index (χ2v) is 5.83. The van der Waals surface area contributed by atoms with Gasteiger partial charge in [-0.25, -0.2) is 12.8 Å². The van der Waals surface area contributed by atoms with Gasteiger partial charge in [-0.15, -0.1) is 6.42 Å². The molecule has 102 valence electrons. The van der Waals surface area contributed by atoms with E-state index in [2.05, 4.69) is 11.2 Å². The van der Waals surface area contributed by atoms with E-state index < -0.39 is 32.3 Å². The summed E-state index contributed by atoms with van der Waals surface area (Å²) in [6.07, 6.45) is 4.94. The van der Waals surface area contributed by atoms with Crippen molar-refractivity contribution >= 4 is 25.6 Å². The first-order valence-corrected chi connectivity index (χ1v) is 7.22. The van der Waals surface area contributed by atoms with E-state index in [1.807, 2.05) is 0 Å². The van der Waals surface area contributed by atoms with Crippen molar-refractivity contribution in [1.82, 2.24) is 5.32 Å². The number of ether oxygens (including phenoxy) is 1. The Kier molecular flexibility index (Phi) is 5.15. The third-order valence-corrected chi connectivity index (χ3v) is 3.26. The second-order valence-electron chi connectivity index (χ2n) is 3.30. The Morgan fingerprint density at radius 3 is 2.79 bits per heavy atom. The van der Waals surface area contributed by atoms with Crippen LogP contribution in [0.25, 0.3) is 0 Å². The van der Waals surface area contributed by atoms with Gasteiger partial charge in [0.15, 0.2) is 6.61 Å². The highest BCUT2D eigenvalue weighted by molar-refractivity contribution is 8.13. The number of nitrogens with one attached hydrogen (secondary N) is 1. The lowest BCUT2D eigenvalue weighted by atomic mass is 10.3. The Bertz CT molecular complexity index is 624. The predicted molar refractivity (Wildman–Crippen MR) is 66.8 cm³/mol. The van der Waals surface area contributed by atoms with Crippen LogP contribution in [0.4, 0.5) is 4.39 Å². The molecule has 0 saturated carbocycles. The average Bonchev–Trinajstić information content (AvgIpc) is 2.33. The molecule has 0 fully saturated rings. The minimum absolute atomic E-state index is 0.0201. The molecule has 1 aromatic rings. The van der Waals surface area contributed by atoms with E-state index in [4.69, 9.17) is 21.8 Å². The van der Waals surface area contributed by atoms with Crippen molar-refractivity contribution in [3.63, 3.8) is 0 Å². The monoisotopic (exact) mass is 305 g/mol. The molecule has 0 aliphatic heterocycles. The van der Waals surface area contributed by atoms with Gasteiger partial charge in [-0.2, -0.15) is 0 Å². The van der Waals surface area contributed by atoms with Crippen LogP contribution in [0.3, 0.4) is 0 Å². The molecule has 0 radical (unpaired) electrons. The van der Waals surface area contributed by atoms with Crippen LogP contribution in [-0.4, -0.2) is 27.5 Å². The largest absolute Gasteiger partial charge is 0.482 e. The maximum atomic E-state index is 13.0. The number of carbonyl (C=O) groups excluding carboxylic acids is 1. The van der Waals surface area contributed by atoms with E-state index in [9.17, 15) is 17.6 Å². The van der Waals surface area contributed by atoms with Gasteiger partial charge in [-0.1, -0.05) is 5.92 Å². The zero-order valence-corrected chi connectivity index (χ0v) is 11.1. The molecule has 0 aliphatic rings. The lowest BCUT2D eigenvalue weighted by molar-refractivity contribution is -0.122. The summed E-state index contributed by atoms with van der Waals surface area (Å²) < 4.78 is 40.4. The van der Waals surface area contributed by atoms with Gasteiger partial charge in [-0.3, -0.25) is 4.79 Å². The quantitative estimate of drug-likeness (QED) is 0.647. The Balaban J connectivity index is 2.85. The molecule has 0 atom stereocenters. The number of rotatable bonds is 5. The number of carbonyl (C=O) groups is 1. The number of benzene rings is 1. The Hall–Kier alpha value is -1.78. The summed E-state index contributed by atoms with van der Waals surface area (Å²) in [6, 6.07) is 2.76. The summed E-state index contributed by atoms with van der Waals surface area (Å²) >= 11 is 0. The molecular weight excluding hydrogens is 297 g/mol. The molecule has 19 heavy (non-hydrogen) atoms. The van der Waals surface area contributed by atoms with Crippen LogP contribution in [-0.2, 0) is 13.8 Å². The predicted octanol–water partition coefficient (Wildman–Crippen LogP) is 0.881. The lowest BCUT2D eigenvalue weighted by Gasteiger charge is -2.09. The SMILES string of the molecule is C#CCNC(=O)COc1ccc(F)cc1S(=O)(=O)Cl. The number of halogens is 2. The summed E-state index contributed by atoms with van der Waals surface area (Å²) in [4.78, 5) is 10.7. The van der Waals surface area contributed by atoms with Crippen LogP contribution < -0.4 is 10.1 Å². The second kappa shape index (κ2) is 6.41. The van der Waals surface area contributed by atoms with Crippen molar-refractivity contribution in [2.45, 2.75) is 4.90 Å². The lowest BCUT2D eigenvalue weighted by Crippen LogP contribution is -2.29. The van der Waals surface area contributed by atoms with Crippen molar-refractivity contribution in [2.75, 3.05) is 13.2 Å². The molecule has 0 saturated heterocycles. The molecule has 0 heterocycles. The van der Waals surface area contributed by atoms with Gasteiger partial charge in [0.1, 0.15) is 16.5 Å². The molecule has 1 amide bonds. The fourth-order valence-electron chi connectivity index (χ4n) is 1.14. The maximum Gasteiger partial charge on any atom is 0.265 e. The topological polar surface area (TPSA) is 72.5 Å². The molecule has 0 aliphatic carbocycles. The van der Waals surface area contributed by atoms with Crippen molar-refractivity contribution in [2.24, 2.45) is 0 Å². The first-order valence-electron chi connectivity index (χ1n) is 4.92. The van der Waals surface area contributed by atoms with Crippen LogP contribution in [0, 0.1) is 18.2 Å². The molecule has 1 N–H and O–H groups in total. The standard InChI is InChI=1S/C11H9ClFNO4S/c1-2-5-14-11(15)7-18-9-4-3-8(13)6-10(9)19(12,16)17/h1,3-4,6H,5,7H2,(H,14,15). The van der Waals surface area contributed by atoms with Gasteiger partial charge >= 0.3 is 0 Å². The Labute approximate surface area is 114 Å². The van der Waals surface area contributed by atoms with Gasteiger partial charge in [0.25, 0.3) is 15.0 Å². The molecular formula is C11H9ClFNO4S. The number of hydrogen-bond acceptors (Lipinski definition) is 4. The fourth-order valence-corrected chi connectivity index (χ4v) is 2.12. The molecule has 8 heteroatoms. The smallest absolute Gasteiger partial charge is 0.265 e. The van der Waals surface area contributed by atoms with Gasteiger partial charge in [0, 0.05) is 10.7 Å². The van der Waals surface area contributed by atoms with Crippen molar-refractivity contribution in [1.29, 1.82) is 0 Å². The molecule has 5 nitrogen and oxygen atoms in total. The number of hydrogen-bond donors (Lipinski definition) is 1. The minimum atomic E-state index is -4.18.